The third-order valence-corrected chi connectivity index (χ3v) is 4.93. The topological polar surface area (TPSA) is 49.4 Å². The number of hydrogen-bond acceptors (Lipinski definition) is 3. The molecular weight excluding hydrogens is 288 g/mol. The molecular formula is C19H26N2O2. The summed E-state index contributed by atoms with van der Waals surface area (Å²) in [6, 6.07) is 6.09. The molecule has 0 radical (unpaired) electrons. The second-order valence-corrected chi connectivity index (χ2v) is 6.60. The van der Waals surface area contributed by atoms with E-state index in [0.29, 0.717) is 12.8 Å². The third kappa shape index (κ3) is 4.20. The molecule has 1 aromatic rings. The van der Waals surface area contributed by atoms with Crippen molar-refractivity contribution in [2.24, 2.45) is 0 Å². The van der Waals surface area contributed by atoms with Gasteiger partial charge in [0.15, 0.2) is 5.78 Å². The fourth-order valence-electron chi connectivity index (χ4n) is 3.52. The van der Waals surface area contributed by atoms with Crippen LogP contribution in [0.1, 0.15) is 53.6 Å². The fourth-order valence-corrected chi connectivity index (χ4v) is 3.52. The molecule has 1 heterocycles. The summed E-state index contributed by atoms with van der Waals surface area (Å²) < 4.78 is 0. The monoisotopic (exact) mass is 314 g/mol. The highest BCUT2D eigenvalue weighted by Gasteiger charge is 2.18. The Labute approximate surface area is 138 Å². The molecule has 1 N–H and O–H groups in total. The maximum Gasteiger partial charge on any atom is 0.223 e. The van der Waals surface area contributed by atoms with Crippen LogP contribution >= 0.6 is 0 Å². The number of Topliss-reactive ketones (excluding diaryl/α,β-unsaturated/α-hetero) is 1. The van der Waals surface area contributed by atoms with E-state index < -0.39 is 0 Å². The summed E-state index contributed by atoms with van der Waals surface area (Å²) in [5, 5.41) is 3.29. The van der Waals surface area contributed by atoms with Gasteiger partial charge in [-0.05, 0) is 55.8 Å². The molecule has 1 fully saturated rings. The molecule has 4 heteroatoms. The van der Waals surface area contributed by atoms with Crippen LogP contribution in [0.25, 0.3) is 0 Å². The van der Waals surface area contributed by atoms with Crippen molar-refractivity contribution >= 4 is 11.7 Å². The van der Waals surface area contributed by atoms with Crippen molar-refractivity contribution in [2.45, 2.75) is 44.9 Å². The Morgan fingerprint density at radius 1 is 0.957 bits per heavy atom. The minimum atomic E-state index is 0.0969. The summed E-state index contributed by atoms with van der Waals surface area (Å²) in [6.45, 7) is 3.38. The van der Waals surface area contributed by atoms with Gasteiger partial charge in [0.2, 0.25) is 5.91 Å². The molecule has 0 saturated carbocycles. The predicted octanol–water partition coefficient (Wildman–Crippen LogP) is 2.35. The Balaban J connectivity index is 1.55. The number of aryl methyl sites for hydroxylation is 2. The van der Waals surface area contributed by atoms with Crippen LogP contribution in [0.2, 0.25) is 0 Å². The normalized spacial score (nSPS) is 18.2. The predicted molar refractivity (Wildman–Crippen MR) is 90.7 cm³/mol. The van der Waals surface area contributed by atoms with Crippen molar-refractivity contribution in [3.8, 4) is 0 Å². The highest BCUT2D eigenvalue weighted by molar-refractivity contribution is 5.98. The van der Waals surface area contributed by atoms with Crippen molar-refractivity contribution in [3.63, 3.8) is 0 Å². The zero-order valence-corrected chi connectivity index (χ0v) is 13.8. The second kappa shape index (κ2) is 7.73. The first kappa shape index (κ1) is 16.2. The van der Waals surface area contributed by atoms with Crippen LogP contribution in [-0.4, -0.2) is 42.8 Å². The van der Waals surface area contributed by atoms with Crippen LogP contribution in [0.4, 0.5) is 0 Å². The van der Waals surface area contributed by atoms with Gasteiger partial charge in [-0.15, -0.1) is 0 Å². The minimum Gasteiger partial charge on any atom is -0.341 e. The number of carbonyl (C=O) groups excluding carboxylic acids is 2. The largest absolute Gasteiger partial charge is 0.341 e. The quantitative estimate of drug-likeness (QED) is 0.868. The van der Waals surface area contributed by atoms with Crippen LogP contribution < -0.4 is 5.32 Å². The van der Waals surface area contributed by atoms with Gasteiger partial charge >= 0.3 is 0 Å². The third-order valence-electron chi connectivity index (χ3n) is 4.93. The Hall–Kier alpha value is -1.68. The standard InChI is InChI=1S/C19H26N2O2/c22-18(8-9-19(23)21-12-3-10-20-11-13-21)17-7-6-15-4-1-2-5-16(15)14-17/h6-7,14,20H,1-5,8-13H2. The van der Waals surface area contributed by atoms with Gasteiger partial charge in [0.25, 0.3) is 0 Å². The van der Waals surface area contributed by atoms with E-state index in [-0.39, 0.29) is 11.7 Å². The molecule has 1 aromatic carbocycles. The van der Waals surface area contributed by atoms with Crippen LogP contribution in [0.3, 0.4) is 0 Å². The van der Waals surface area contributed by atoms with Gasteiger partial charge in [-0.25, -0.2) is 0 Å². The molecule has 0 aromatic heterocycles. The molecule has 4 nitrogen and oxygen atoms in total. The summed E-state index contributed by atoms with van der Waals surface area (Å²) in [6.07, 6.45) is 6.31. The number of hydrogen-bond donors (Lipinski definition) is 1. The number of benzene rings is 1. The average molecular weight is 314 g/mol. The Kier molecular flexibility index (Phi) is 5.44. The molecule has 1 amide bonds. The van der Waals surface area contributed by atoms with Gasteiger partial charge in [-0.1, -0.05) is 12.1 Å². The summed E-state index contributed by atoms with van der Waals surface area (Å²) in [7, 11) is 0. The lowest BCUT2D eigenvalue weighted by Crippen LogP contribution is -2.34. The Morgan fingerprint density at radius 2 is 1.78 bits per heavy atom. The molecule has 2 aliphatic rings. The smallest absolute Gasteiger partial charge is 0.223 e. The molecule has 1 saturated heterocycles. The van der Waals surface area contributed by atoms with Crippen molar-refractivity contribution in [1.82, 2.24) is 10.2 Å². The lowest BCUT2D eigenvalue weighted by molar-refractivity contribution is -0.130. The van der Waals surface area contributed by atoms with Crippen molar-refractivity contribution in [1.29, 1.82) is 0 Å². The van der Waals surface area contributed by atoms with E-state index >= 15 is 0 Å². The lowest BCUT2D eigenvalue weighted by Gasteiger charge is -2.20. The van der Waals surface area contributed by atoms with E-state index in [1.165, 1.54) is 24.0 Å². The van der Waals surface area contributed by atoms with E-state index in [2.05, 4.69) is 17.4 Å². The maximum absolute atomic E-state index is 12.4. The number of ketones is 1. The summed E-state index contributed by atoms with van der Waals surface area (Å²) in [5.41, 5.74) is 3.49. The number of amides is 1. The first-order valence-electron chi connectivity index (χ1n) is 8.87. The van der Waals surface area contributed by atoms with E-state index in [1.807, 2.05) is 11.0 Å². The van der Waals surface area contributed by atoms with Gasteiger partial charge in [0, 0.05) is 38.0 Å². The molecule has 0 spiro atoms. The van der Waals surface area contributed by atoms with Crippen LogP contribution in [0.5, 0.6) is 0 Å². The SMILES string of the molecule is O=C(CCC(=O)N1CCCNCC1)c1ccc2c(c1)CCCC2. The van der Waals surface area contributed by atoms with Gasteiger partial charge in [-0.3, -0.25) is 9.59 Å². The molecule has 124 valence electrons. The summed E-state index contributed by atoms with van der Waals surface area (Å²) >= 11 is 0. The fraction of sp³-hybridized carbons (Fsp3) is 0.579. The van der Waals surface area contributed by atoms with Crippen molar-refractivity contribution < 1.29 is 9.59 Å². The van der Waals surface area contributed by atoms with E-state index in [1.54, 1.807) is 0 Å². The maximum atomic E-state index is 12.4. The Morgan fingerprint density at radius 3 is 2.65 bits per heavy atom. The highest BCUT2D eigenvalue weighted by Crippen LogP contribution is 2.23. The summed E-state index contributed by atoms with van der Waals surface area (Å²) in [4.78, 5) is 26.6. The first-order valence-corrected chi connectivity index (χ1v) is 8.87. The molecule has 0 unspecified atom stereocenters. The summed E-state index contributed by atoms with van der Waals surface area (Å²) in [5.74, 6) is 0.208. The van der Waals surface area contributed by atoms with E-state index in [9.17, 15) is 9.59 Å². The number of carbonyl (C=O) groups is 2. The van der Waals surface area contributed by atoms with Gasteiger partial charge < -0.3 is 10.2 Å². The molecule has 0 bridgehead atoms. The van der Waals surface area contributed by atoms with Crippen LogP contribution in [-0.2, 0) is 17.6 Å². The average Bonchev–Trinajstić information content (AvgIpc) is 2.88. The van der Waals surface area contributed by atoms with Crippen molar-refractivity contribution in [2.75, 3.05) is 26.2 Å². The molecule has 1 aliphatic heterocycles. The van der Waals surface area contributed by atoms with Gasteiger partial charge in [-0.2, -0.15) is 0 Å². The number of nitrogens with one attached hydrogen (secondary N) is 1. The number of rotatable bonds is 4. The van der Waals surface area contributed by atoms with Crippen LogP contribution in [0.15, 0.2) is 18.2 Å². The van der Waals surface area contributed by atoms with Crippen molar-refractivity contribution in [3.05, 3.63) is 34.9 Å². The molecule has 1 aliphatic carbocycles. The second-order valence-electron chi connectivity index (χ2n) is 6.60. The number of nitrogens with zero attached hydrogens (tertiary/aromatic N) is 1. The minimum absolute atomic E-state index is 0.0969. The zero-order valence-electron chi connectivity index (χ0n) is 13.8. The van der Waals surface area contributed by atoms with Gasteiger partial charge in [0.05, 0.1) is 0 Å². The van der Waals surface area contributed by atoms with Gasteiger partial charge in [0.1, 0.15) is 0 Å². The Bertz CT molecular complexity index is 575. The molecule has 0 atom stereocenters. The van der Waals surface area contributed by atoms with E-state index in [4.69, 9.17) is 0 Å². The first-order chi connectivity index (χ1) is 11.2. The lowest BCUT2D eigenvalue weighted by atomic mass is 9.89. The molecule has 3 rings (SSSR count). The molecule has 23 heavy (non-hydrogen) atoms. The zero-order chi connectivity index (χ0) is 16.1. The van der Waals surface area contributed by atoms with Crippen LogP contribution in [0, 0.1) is 0 Å². The number of fused-ring (bicyclic) bond motifs is 1. The highest BCUT2D eigenvalue weighted by atomic mass is 16.2. The van der Waals surface area contributed by atoms with E-state index in [0.717, 1.165) is 51.0 Å².